The highest BCUT2D eigenvalue weighted by Crippen LogP contribution is 2.39. The molecule has 2 fully saturated rings. The number of thioether (sulfide) groups is 1. The number of halogens is 3. The van der Waals surface area contributed by atoms with E-state index in [1.54, 1.807) is 32.2 Å². The van der Waals surface area contributed by atoms with Crippen LogP contribution in [0.4, 0.5) is 28.4 Å². The van der Waals surface area contributed by atoms with Crippen LogP contribution >= 0.6 is 11.8 Å². The molecule has 1 aromatic heterocycles. The van der Waals surface area contributed by atoms with Gasteiger partial charge in [0.2, 0.25) is 17.7 Å². The first-order chi connectivity index (χ1) is 42.1. The summed E-state index contributed by atoms with van der Waals surface area (Å²) in [6, 6.07) is 15.1. The summed E-state index contributed by atoms with van der Waals surface area (Å²) in [6.45, 7) is 4.51. The molecule has 4 aromatic rings. The summed E-state index contributed by atoms with van der Waals surface area (Å²) in [5, 5.41) is 13.4. The molecule has 29 heteroatoms. The van der Waals surface area contributed by atoms with E-state index in [-0.39, 0.29) is 80.8 Å². The zero-order chi connectivity index (χ0) is 63.5. The van der Waals surface area contributed by atoms with Crippen molar-refractivity contribution in [2.24, 2.45) is 23.5 Å². The Balaban J connectivity index is 0.951. The van der Waals surface area contributed by atoms with Crippen LogP contribution in [-0.4, -0.2) is 174 Å². The maximum absolute atomic E-state index is 15.6. The molecule has 4 heterocycles. The number of amides is 8. The minimum Gasteiger partial charge on any atom is -0.445 e. The van der Waals surface area contributed by atoms with Gasteiger partial charge in [0.05, 0.1) is 17.0 Å². The van der Waals surface area contributed by atoms with Crippen molar-refractivity contribution in [2.75, 3.05) is 70.1 Å². The number of benzene rings is 3. The summed E-state index contributed by atoms with van der Waals surface area (Å²) in [6.07, 6.45) is 2.84. The smallest absolute Gasteiger partial charge is 0.407 e. The molecule has 0 spiro atoms. The summed E-state index contributed by atoms with van der Waals surface area (Å²) >= 11 is 1.29. The number of alkyl halides is 1. The summed E-state index contributed by atoms with van der Waals surface area (Å²) in [5.74, 6) is -5.84. The average Bonchev–Trinajstić information content (AvgIpc) is 2.08. The van der Waals surface area contributed by atoms with Gasteiger partial charge in [0.15, 0.2) is 0 Å². The second-order valence-corrected chi connectivity index (χ2v) is 25.0. The number of ether oxygens (including phenoxy) is 2. The molecule has 3 aliphatic heterocycles. The van der Waals surface area contributed by atoms with Gasteiger partial charge in [-0.2, -0.15) is 8.42 Å². The van der Waals surface area contributed by atoms with Crippen molar-refractivity contribution >= 4 is 75.5 Å². The molecule has 0 bridgehead atoms. The SMILES string of the molecule is CC(C)C(NC(=O)CC(CN1C(=O)C=CC1=O)S(=O)(=O)O)C(=O)NC(CCCNC(N)=O)C(=O)Nc1ccc(COC(=O)NCCSC(C=O)CN(CC2CNCC2F)C(c2nc(-c3cc(F)ccc3F)cn2Cc2ccccc2)C2CCOCC2)cc1. The molecule has 24 nitrogen and oxygen atoms in total. The Morgan fingerprint density at radius 1 is 0.943 bits per heavy atom. The van der Waals surface area contributed by atoms with E-state index < -0.39 is 123 Å². The van der Waals surface area contributed by atoms with Gasteiger partial charge in [0, 0.05) is 113 Å². The van der Waals surface area contributed by atoms with Gasteiger partial charge in [-0.1, -0.05) is 56.3 Å². The van der Waals surface area contributed by atoms with Crippen LogP contribution in [0.1, 0.15) is 68.9 Å². The fourth-order valence-electron chi connectivity index (χ4n) is 10.5. The molecular formula is C59H74F3N11O13S2. The Morgan fingerprint density at radius 3 is 2.31 bits per heavy atom. The minimum absolute atomic E-state index is 0.0132. The van der Waals surface area contributed by atoms with E-state index in [0.29, 0.717) is 55.4 Å². The largest absolute Gasteiger partial charge is 0.445 e. The second kappa shape index (κ2) is 32.5. The number of nitrogens with zero attached hydrogens (tertiary/aromatic N) is 4. The average molecular weight is 1270 g/mol. The Hall–Kier alpha value is -7.70. The fourth-order valence-corrected chi connectivity index (χ4v) is 12.1. The summed E-state index contributed by atoms with van der Waals surface area (Å²) in [4.78, 5) is 110. The van der Waals surface area contributed by atoms with Crippen LogP contribution in [0.5, 0.6) is 0 Å². The van der Waals surface area contributed by atoms with Gasteiger partial charge in [-0.15, -0.1) is 11.8 Å². The molecule has 3 aliphatic rings. The van der Waals surface area contributed by atoms with Crippen LogP contribution in [0.15, 0.2) is 91.1 Å². The number of hydrogen-bond acceptors (Lipinski definition) is 16. The van der Waals surface area contributed by atoms with Gasteiger partial charge in [-0.3, -0.25) is 38.3 Å². The Bertz CT molecular complexity index is 3210. The normalized spacial score (nSPS) is 17.9. The van der Waals surface area contributed by atoms with Gasteiger partial charge in [-0.05, 0) is 79.0 Å². The lowest BCUT2D eigenvalue weighted by molar-refractivity contribution is -0.137. The number of primary amides is 1. The highest BCUT2D eigenvalue weighted by molar-refractivity contribution is 8.00. The van der Waals surface area contributed by atoms with Gasteiger partial charge in [0.1, 0.15) is 53.9 Å². The third kappa shape index (κ3) is 19.9. The third-order valence-corrected chi connectivity index (χ3v) is 17.4. The van der Waals surface area contributed by atoms with Crippen molar-refractivity contribution in [3.8, 4) is 11.3 Å². The Kier molecular flexibility index (Phi) is 25.0. The summed E-state index contributed by atoms with van der Waals surface area (Å²) < 4.78 is 93.1. The van der Waals surface area contributed by atoms with E-state index in [4.69, 9.17) is 20.2 Å². The zero-order valence-electron chi connectivity index (χ0n) is 48.6. The van der Waals surface area contributed by atoms with Crippen molar-refractivity contribution in [3.63, 3.8) is 0 Å². The Labute approximate surface area is 511 Å². The number of rotatable bonds is 32. The lowest BCUT2D eigenvalue weighted by atomic mass is 9.88. The number of hydrogen-bond donors (Lipinski definition) is 8. The van der Waals surface area contributed by atoms with E-state index in [2.05, 4.69) is 36.8 Å². The van der Waals surface area contributed by atoms with Crippen LogP contribution in [-0.2, 0) is 61.5 Å². The molecule has 7 unspecified atom stereocenters. The monoisotopic (exact) mass is 1270 g/mol. The first-order valence-electron chi connectivity index (χ1n) is 28.8. The maximum atomic E-state index is 15.6. The molecule has 8 amide bonds. The van der Waals surface area contributed by atoms with Crippen LogP contribution in [0, 0.1) is 29.4 Å². The van der Waals surface area contributed by atoms with Crippen LogP contribution < -0.4 is 37.6 Å². The van der Waals surface area contributed by atoms with Gasteiger partial charge >= 0.3 is 12.1 Å². The number of carbonyl (C=O) groups is 8. The fraction of sp³-hybridized carbons (Fsp3) is 0.475. The zero-order valence-corrected chi connectivity index (χ0v) is 50.3. The molecular weight excluding hydrogens is 1190 g/mol. The Morgan fingerprint density at radius 2 is 1.66 bits per heavy atom. The number of carbonyl (C=O) groups excluding carboxylic acids is 8. The standard InChI is InChI=1S/C59H74F3N11O13S2/c1-36(2)53(70-50(75)26-44(88(82,83)84)32-73-51(76)16-17-52(73)77)57(79)69-48(9-6-20-65-58(63)80)56(78)67-42-13-10-38(11-14-42)35-86-59(81)66-21-24-87-43(34-74)31-71(30-40-27-64-28-47(40)62)54(39-18-22-85-23-19-39)55-68-49(45-25-41(60)12-15-46(45)61)33-72(55)29-37-7-4-3-5-8-37/h3-5,7-8,10-17,25,33-34,36,39-40,43-44,47-48,53-54,64H,6,9,18-24,26-32,35H2,1-2H3,(H,66,81)(H,67,78)(H,69,79)(H,70,75)(H3,63,65,80)(H,82,83,84). The van der Waals surface area contributed by atoms with Crippen LogP contribution in [0.3, 0.4) is 0 Å². The molecule has 0 saturated carbocycles. The molecule has 9 N–H and O–H groups in total. The van der Waals surface area contributed by atoms with Crippen LogP contribution in [0.2, 0.25) is 0 Å². The molecule has 0 aliphatic carbocycles. The predicted octanol–water partition coefficient (Wildman–Crippen LogP) is 4.02. The first kappa shape index (κ1) is 67.8. The predicted molar refractivity (Wildman–Crippen MR) is 319 cm³/mol. The first-order valence-corrected chi connectivity index (χ1v) is 31.3. The third-order valence-electron chi connectivity index (χ3n) is 15.2. The number of imidazole rings is 1. The molecule has 88 heavy (non-hydrogen) atoms. The number of nitrogens with two attached hydrogens (primary N) is 1. The summed E-state index contributed by atoms with van der Waals surface area (Å²) in [7, 11) is -4.98. The molecule has 476 valence electrons. The van der Waals surface area contributed by atoms with Crippen molar-refractivity contribution in [1.29, 1.82) is 0 Å². The maximum Gasteiger partial charge on any atom is 0.407 e. The number of aromatic nitrogens is 2. The second-order valence-electron chi connectivity index (χ2n) is 22.0. The number of alkyl carbamates (subject to hydrolysis) is 1. The van der Waals surface area contributed by atoms with Gasteiger partial charge in [0.25, 0.3) is 21.9 Å². The van der Waals surface area contributed by atoms with E-state index in [0.717, 1.165) is 42.2 Å². The highest BCUT2D eigenvalue weighted by atomic mass is 32.2. The highest BCUT2D eigenvalue weighted by Gasteiger charge is 2.40. The molecule has 2 saturated heterocycles. The van der Waals surface area contributed by atoms with Gasteiger partial charge in [-0.25, -0.2) is 27.7 Å². The van der Waals surface area contributed by atoms with Crippen molar-refractivity contribution < 1.29 is 74.0 Å². The molecule has 7 atom stereocenters. The lowest BCUT2D eigenvalue weighted by Gasteiger charge is -2.40. The lowest BCUT2D eigenvalue weighted by Crippen LogP contribution is -2.55. The molecule has 7 rings (SSSR count). The number of imide groups is 1. The number of urea groups is 1. The van der Waals surface area contributed by atoms with Gasteiger partial charge < -0.3 is 56.5 Å². The number of nitrogens with one attached hydrogen (secondary N) is 6. The number of aldehydes is 1. The van der Waals surface area contributed by atoms with E-state index in [1.165, 1.54) is 23.9 Å². The molecule has 0 radical (unpaired) electrons. The van der Waals surface area contributed by atoms with E-state index in [1.807, 2.05) is 34.9 Å². The molecule has 3 aromatic carbocycles. The quantitative estimate of drug-likeness (QED) is 0.0148. The minimum atomic E-state index is -4.98. The topological polar surface area (TPSA) is 332 Å². The van der Waals surface area contributed by atoms with E-state index in [9.17, 15) is 55.7 Å². The van der Waals surface area contributed by atoms with Crippen molar-refractivity contribution in [1.82, 2.24) is 45.9 Å². The van der Waals surface area contributed by atoms with Crippen molar-refractivity contribution in [2.45, 2.75) is 93.9 Å². The van der Waals surface area contributed by atoms with E-state index >= 15 is 8.78 Å². The summed E-state index contributed by atoms with van der Waals surface area (Å²) in [5.41, 5.74) is 7.13. The van der Waals surface area contributed by atoms with Crippen LogP contribution in [0.25, 0.3) is 11.3 Å². The van der Waals surface area contributed by atoms with Crippen molar-refractivity contribution in [3.05, 3.63) is 120 Å². The number of anilines is 1.